The van der Waals surface area contributed by atoms with Gasteiger partial charge in [-0.1, -0.05) is 20.8 Å². The van der Waals surface area contributed by atoms with E-state index in [-0.39, 0.29) is 0 Å². The van der Waals surface area contributed by atoms with E-state index in [1.165, 1.54) is 40.8 Å². The minimum absolute atomic E-state index is 0.330. The largest absolute Gasteiger partial charge is 0.743 e. The summed E-state index contributed by atoms with van der Waals surface area (Å²) in [7, 11) is -3.87. The first kappa shape index (κ1) is 36.9. The summed E-state index contributed by atoms with van der Waals surface area (Å²) >= 11 is 0. The first-order valence-electron chi connectivity index (χ1n) is 15.3. The molecular formula is C31H55F2NO7S. The molecule has 0 radical (unpaired) electrons. The Hall–Kier alpha value is -1.33. The number of carbonyl (C=O) groups excluding carboxylic acids is 2. The number of hydrogen-bond donors (Lipinski definition) is 0. The van der Waals surface area contributed by atoms with Crippen molar-refractivity contribution in [1.29, 1.82) is 0 Å². The van der Waals surface area contributed by atoms with E-state index in [4.69, 9.17) is 4.74 Å². The Morgan fingerprint density at radius 3 is 1.45 bits per heavy atom. The third-order valence-electron chi connectivity index (χ3n) is 11.7. The molecule has 42 heavy (non-hydrogen) atoms. The molecule has 0 saturated heterocycles. The van der Waals surface area contributed by atoms with Crippen molar-refractivity contribution in [2.24, 2.45) is 28.6 Å². The molecule has 0 heterocycles. The second-order valence-corrected chi connectivity index (χ2v) is 17.2. The van der Waals surface area contributed by atoms with Crippen LogP contribution in [0.1, 0.15) is 115 Å². The lowest BCUT2D eigenvalue weighted by molar-refractivity contribution is -0.960. The summed E-state index contributed by atoms with van der Waals surface area (Å²) in [5.74, 6) is -1.46. The Morgan fingerprint density at radius 2 is 1.17 bits per heavy atom. The van der Waals surface area contributed by atoms with Gasteiger partial charge in [0.1, 0.15) is 11.2 Å². The minimum Gasteiger partial charge on any atom is -0.743 e. The van der Waals surface area contributed by atoms with Gasteiger partial charge in [-0.3, -0.25) is 4.79 Å². The number of alkyl halides is 2. The summed E-state index contributed by atoms with van der Waals surface area (Å²) in [5.41, 5.74) is -3.26. The van der Waals surface area contributed by atoms with E-state index < -0.39 is 43.9 Å². The van der Waals surface area contributed by atoms with E-state index >= 15 is 0 Å². The average Bonchev–Trinajstić information content (AvgIpc) is 2.80. The van der Waals surface area contributed by atoms with Crippen molar-refractivity contribution >= 4 is 22.1 Å². The number of rotatable bonds is 9. The van der Waals surface area contributed by atoms with Gasteiger partial charge >= 0.3 is 17.2 Å². The van der Waals surface area contributed by atoms with Crippen LogP contribution in [0.3, 0.4) is 0 Å². The van der Waals surface area contributed by atoms with Gasteiger partial charge in [-0.05, 0) is 112 Å². The molecule has 0 atom stereocenters. The Bertz CT molecular complexity index is 1080. The highest BCUT2D eigenvalue weighted by atomic mass is 32.2. The molecular weight excluding hydrogens is 568 g/mol. The number of quaternary nitrogens is 1. The van der Waals surface area contributed by atoms with Gasteiger partial charge in [0.05, 0.1) is 31.1 Å². The van der Waals surface area contributed by atoms with Crippen LogP contribution in [0.5, 0.6) is 0 Å². The van der Waals surface area contributed by atoms with Gasteiger partial charge in [0.2, 0.25) is 0 Å². The van der Waals surface area contributed by atoms with Crippen molar-refractivity contribution in [2.75, 3.05) is 20.1 Å². The number of halogens is 2. The lowest BCUT2D eigenvalue weighted by atomic mass is 9.49. The molecule has 4 aliphatic rings. The van der Waals surface area contributed by atoms with Gasteiger partial charge in [0, 0.05) is 5.41 Å². The maximum absolute atomic E-state index is 13.5. The highest BCUT2D eigenvalue weighted by molar-refractivity contribution is 7.87. The Labute approximate surface area is 252 Å². The fraction of sp³-hybridized carbons (Fsp3) is 0.935. The second-order valence-electron chi connectivity index (χ2n) is 15.8. The Kier molecular flexibility index (Phi) is 10.1. The monoisotopic (exact) mass is 623 g/mol. The van der Waals surface area contributed by atoms with Crippen LogP contribution < -0.4 is 0 Å². The molecule has 0 aromatic rings. The maximum Gasteiger partial charge on any atom is 0.428 e. The van der Waals surface area contributed by atoms with Gasteiger partial charge in [-0.25, -0.2) is 13.2 Å². The normalized spacial score (nSPS) is 26.8. The highest BCUT2D eigenvalue weighted by Crippen LogP contribution is 2.60. The van der Waals surface area contributed by atoms with E-state index in [1.54, 1.807) is 0 Å². The molecule has 4 rings (SSSR count). The van der Waals surface area contributed by atoms with Crippen molar-refractivity contribution < 1.29 is 45.3 Å². The van der Waals surface area contributed by atoms with E-state index in [9.17, 15) is 31.3 Å². The van der Waals surface area contributed by atoms with Crippen LogP contribution in [-0.2, 0) is 29.2 Å². The van der Waals surface area contributed by atoms with E-state index in [1.807, 2.05) is 0 Å². The van der Waals surface area contributed by atoms with Crippen LogP contribution in [-0.4, -0.2) is 71.5 Å². The van der Waals surface area contributed by atoms with Crippen molar-refractivity contribution in [2.45, 2.75) is 137 Å². The average molecular weight is 624 g/mol. The maximum atomic E-state index is 13.5. The first-order valence-corrected chi connectivity index (χ1v) is 16.7. The molecule has 0 spiro atoms. The molecule has 4 saturated carbocycles. The molecule has 0 amide bonds. The summed E-state index contributed by atoms with van der Waals surface area (Å²) < 4.78 is 70.6. The summed E-state index contributed by atoms with van der Waals surface area (Å²) in [5, 5.41) is -5.23. The first-order chi connectivity index (χ1) is 18.6. The Balaban J connectivity index is 0.000000401. The quantitative estimate of drug-likeness (QED) is 0.169. The fourth-order valence-electron chi connectivity index (χ4n) is 7.16. The lowest BCUT2D eigenvalue weighted by Gasteiger charge is -2.56. The van der Waals surface area contributed by atoms with Crippen molar-refractivity contribution in [3.05, 3.63) is 0 Å². The standard InChI is InChI=1S/C19H28F2O7S.C12H28N/c1-16(2,17(3,4)28-15(23)19(20,21)29(24,25)26)27-14(22)18-8-11-5-12(9-18)7-13(6-11)10-18;1-9-13(8,10-2)12(6,7)11(3,4)5/h11-13H,5-10H2,1-4H3,(H,24,25,26);9-10H2,1-8H3/q;+1/p-1. The van der Waals surface area contributed by atoms with Crippen molar-refractivity contribution in [1.82, 2.24) is 0 Å². The number of ether oxygens (including phenoxy) is 2. The number of esters is 2. The smallest absolute Gasteiger partial charge is 0.428 e. The van der Waals surface area contributed by atoms with Gasteiger partial charge in [0.15, 0.2) is 10.1 Å². The minimum atomic E-state index is -6.24. The van der Waals surface area contributed by atoms with Crippen molar-refractivity contribution in [3.8, 4) is 0 Å². The van der Waals surface area contributed by atoms with Crippen LogP contribution >= 0.6 is 0 Å². The Morgan fingerprint density at radius 1 is 0.810 bits per heavy atom. The van der Waals surface area contributed by atoms with Crippen LogP contribution in [0, 0.1) is 28.6 Å². The van der Waals surface area contributed by atoms with Crippen LogP contribution in [0.2, 0.25) is 0 Å². The summed E-state index contributed by atoms with van der Waals surface area (Å²) in [4.78, 5) is 24.8. The lowest BCUT2D eigenvalue weighted by Crippen LogP contribution is -2.64. The summed E-state index contributed by atoms with van der Waals surface area (Å²) in [6.45, 7) is 24.1. The van der Waals surface area contributed by atoms with E-state index in [2.05, 4.69) is 60.3 Å². The zero-order chi connectivity index (χ0) is 33.0. The van der Waals surface area contributed by atoms with E-state index in [0.29, 0.717) is 28.7 Å². The SMILES string of the molecule is CC(C)(OC(=O)C12CC3CC(CC(C3)C1)C2)C(C)(C)OC(=O)C(F)(F)S(=O)(=O)[O-].CC[N+](C)(CC)C(C)(C)C(C)(C)C. The molecule has 0 unspecified atom stereocenters. The molecule has 0 aromatic carbocycles. The third kappa shape index (κ3) is 6.82. The van der Waals surface area contributed by atoms with Crippen LogP contribution in [0.25, 0.3) is 0 Å². The summed E-state index contributed by atoms with van der Waals surface area (Å²) in [6.07, 6.45) is 5.58. The molecule has 0 aliphatic heterocycles. The zero-order valence-electron chi connectivity index (χ0n) is 27.9. The predicted molar refractivity (Wildman–Crippen MR) is 156 cm³/mol. The predicted octanol–water partition coefficient (Wildman–Crippen LogP) is 6.28. The second kappa shape index (κ2) is 11.5. The van der Waals surface area contributed by atoms with Crippen LogP contribution in [0.15, 0.2) is 0 Å². The van der Waals surface area contributed by atoms with Gasteiger partial charge in [0.25, 0.3) is 0 Å². The molecule has 0 N–H and O–H groups in total. The molecule has 8 nitrogen and oxygen atoms in total. The zero-order valence-corrected chi connectivity index (χ0v) is 28.7. The fourth-order valence-corrected chi connectivity index (χ4v) is 7.41. The molecule has 4 bridgehead atoms. The highest BCUT2D eigenvalue weighted by Gasteiger charge is 2.58. The van der Waals surface area contributed by atoms with Gasteiger partial charge < -0.3 is 18.5 Å². The molecule has 11 heteroatoms. The van der Waals surface area contributed by atoms with Gasteiger partial charge in [-0.2, -0.15) is 8.78 Å². The molecule has 4 aliphatic carbocycles. The number of hydrogen-bond acceptors (Lipinski definition) is 7. The summed E-state index contributed by atoms with van der Waals surface area (Å²) in [6, 6.07) is 0. The van der Waals surface area contributed by atoms with Gasteiger partial charge in [-0.15, -0.1) is 0 Å². The topological polar surface area (TPSA) is 110 Å². The third-order valence-corrected chi connectivity index (χ3v) is 12.5. The number of carbonyl (C=O) groups is 2. The van der Waals surface area contributed by atoms with E-state index in [0.717, 1.165) is 43.0 Å². The van der Waals surface area contributed by atoms with Crippen molar-refractivity contribution in [3.63, 3.8) is 0 Å². The number of nitrogens with zero attached hydrogens (tertiary/aromatic N) is 1. The van der Waals surface area contributed by atoms with Crippen LogP contribution in [0.4, 0.5) is 8.78 Å². The molecule has 4 fully saturated rings. The molecule has 0 aromatic heterocycles. The molecule has 246 valence electrons.